The number of carboxylic acids is 4. The normalized spacial score (nSPS) is 32.1. The van der Waals surface area contributed by atoms with Gasteiger partial charge >= 0.3 is 0 Å². The van der Waals surface area contributed by atoms with Crippen LogP contribution in [0.1, 0.15) is 566 Å². The number of carboxylic acid groups (broad SMARTS) is 4. The van der Waals surface area contributed by atoms with Gasteiger partial charge in [-0.3, -0.25) is 0 Å². The van der Waals surface area contributed by atoms with E-state index in [-0.39, 0.29) is 0 Å². The number of fused-ring (bicyclic) bond motifs is 6. The first kappa shape index (κ1) is 85.3. The molecule has 15 saturated carbocycles. The first-order valence-corrected chi connectivity index (χ1v) is 50.6. The molecular formula is C109H152O8-4. The van der Waals surface area contributed by atoms with Crippen molar-refractivity contribution >= 4 is 23.9 Å². The van der Waals surface area contributed by atoms with Gasteiger partial charge in [0, 0.05) is 22.3 Å². The largest absolute Gasteiger partial charge is 0.545 e. The summed E-state index contributed by atoms with van der Waals surface area (Å²) >= 11 is 0. The lowest BCUT2D eigenvalue weighted by molar-refractivity contribution is -0.256. The molecule has 117 heavy (non-hydrogen) atoms. The Morgan fingerprint density at radius 2 is 0.402 bits per heavy atom. The molecule has 9 unspecified atom stereocenters. The number of carbonyl (C=O) groups is 4. The molecule has 0 amide bonds. The predicted octanol–water partition coefficient (Wildman–Crippen LogP) is 26.2. The molecule has 0 aliphatic heterocycles. The van der Waals surface area contributed by atoms with Gasteiger partial charge in [0.1, 0.15) is 0 Å². The van der Waals surface area contributed by atoms with Crippen LogP contribution in [0.5, 0.6) is 0 Å². The minimum Gasteiger partial charge on any atom is -0.545 e. The van der Waals surface area contributed by atoms with Crippen LogP contribution in [0.3, 0.4) is 0 Å². The fourth-order valence-corrected chi connectivity index (χ4v) is 28.9. The topological polar surface area (TPSA) is 161 Å². The third-order valence-electron chi connectivity index (χ3n) is 35.6. The Hall–Kier alpha value is -5.24. The first-order valence-electron chi connectivity index (χ1n) is 50.6. The molecule has 0 saturated heterocycles. The molecule has 0 N–H and O–H groups in total. The third kappa shape index (κ3) is 20.2. The van der Waals surface area contributed by atoms with E-state index >= 15 is 0 Å². The van der Waals surface area contributed by atoms with Crippen LogP contribution in [0.2, 0.25) is 0 Å². The molecule has 15 aliphatic rings. The average Bonchev–Trinajstić information content (AvgIpc) is 1.57. The maximum Gasteiger partial charge on any atom is 0.0721 e. The minimum absolute atomic E-state index is 0.401. The third-order valence-corrected chi connectivity index (χ3v) is 35.6. The number of benzene rings is 4. The first-order chi connectivity index (χ1) is 57.0. The minimum atomic E-state index is -0.930. The Kier molecular flexibility index (Phi) is 29.1. The van der Waals surface area contributed by atoms with E-state index in [2.05, 4.69) is 69.3 Å². The molecule has 0 spiro atoms. The summed E-state index contributed by atoms with van der Waals surface area (Å²) < 4.78 is 0. The van der Waals surface area contributed by atoms with E-state index in [1.54, 1.807) is 0 Å². The molecule has 9 atom stereocenters. The van der Waals surface area contributed by atoms with Crippen LogP contribution in [0.4, 0.5) is 0 Å². The van der Waals surface area contributed by atoms with Gasteiger partial charge < -0.3 is 39.6 Å². The molecular weight excluding hydrogens is 1440 g/mol. The van der Waals surface area contributed by atoms with E-state index in [1.165, 1.54) is 322 Å². The van der Waals surface area contributed by atoms with Crippen LogP contribution in [-0.4, -0.2) is 23.9 Å². The van der Waals surface area contributed by atoms with Gasteiger partial charge in [-0.1, -0.05) is 262 Å². The maximum absolute atomic E-state index is 12.6. The molecule has 8 heteroatoms. The Bertz CT molecular complexity index is 3790. The number of carbonyl (C=O) groups excluding carboxylic acids is 4. The number of hydrogen-bond donors (Lipinski definition) is 0. The molecule has 640 valence electrons. The molecule has 0 heterocycles. The maximum atomic E-state index is 12.6. The van der Waals surface area contributed by atoms with Gasteiger partial charge in [-0.05, 0) is 364 Å². The Morgan fingerprint density at radius 1 is 0.205 bits per heavy atom. The zero-order valence-electron chi connectivity index (χ0n) is 73.3. The van der Waals surface area contributed by atoms with E-state index in [4.69, 9.17) is 0 Å². The number of rotatable bonds is 16. The molecule has 8 nitrogen and oxygen atoms in total. The van der Waals surface area contributed by atoms with Crippen molar-refractivity contribution in [2.75, 3.05) is 0 Å². The van der Waals surface area contributed by atoms with Gasteiger partial charge in [0.25, 0.3) is 0 Å². The molecule has 0 radical (unpaired) electrons. The highest BCUT2D eigenvalue weighted by Crippen LogP contribution is 2.60. The zero-order chi connectivity index (χ0) is 80.6. The summed E-state index contributed by atoms with van der Waals surface area (Å²) in [5.74, 6) is 9.63. The molecule has 4 aromatic carbocycles. The number of hydrogen-bond acceptors (Lipinski definition) is 8. The van der Waals surface area contributed by atoms with Crippen molar-refractivity contribution in [1.29, 1.82) is 0 Å². The fraction of sp³-hybridized carbons (Fsp3) is 0.743. The van der Waals surface area contributed by atoms with Gasteiger partial charge in [0.05, 0.1) is 23.9 Å². The van der Waals surface area contributed by atoms with Crippen molar-refractivity contribution in [2.24, 2.45) is 53.3 Å². The smallest absolute Gasteiger partial charge is 0.0721 e. The second-order valence-electron chi connectivity index (χ2n) is 43.2. The molecule has 0 aromatic heterocycles. The van der Waals surface area contributed by atoms with Crippen molar-refractivity contribution in [1.82, 2.24) is 0 Å². The van der Waals surface area contributed by atoms with Crippen LogP contribution in [0.15, 0.2) is 48.5 Å². The molecule has 6 bridgehead atoms. The Morgan fingerprint density at radius 3 is 0.632 bits per heavy atom. The molecule has 4 aromatic rings. The predicted molar refractivity (Wildman–Crippen MR) is 468 cm³/mol. The van der Waals surface area contributed by atoms with E-state index in [0.29, 0.717) is 93.3 Å². The monoisotopic (exact) mass is 1590 g/mol. The SMILES string of the molecule is CC1CCC(c2cc(C3CCC(C)CC3)c(C(=O)[O-])c(C3CCC(C)CC3)c2)CC1.O=C([O-])c1c(C2CC3CCC2C3)cc(C2CC3CCC2C3)cc1C1CC2CCC1C2.O=C([O-])c1c(C2CCCCC2)cc(C2CCCCC2)cc1C1CCCCC1.O=C([O-])c1c(C2CCCCCC2)cc(C2CCCCCC2)cc1C1CCCCCC1. The second-order valence-corrected chi connectivity index (χ2v) is 43.2. The van der Waals surface area contributed by atoms with Crippen molar-refractivity contribution in [2.45, 2.75) is 458 Å². The lowest BCUT2D eigenvalue weighted by atomic mass is 9.71. The Labute approximate surface area is 707 Å². The number of aromatic carboxylic acids is 4. The quantitative estimate of drug-likeness (QED) is 0.100. The van der Waals surface area contributed by atoms with Gasteiger partial charge in [-0.15, -0.1) is 0 Å². The zero-order valence-corrected chi connectivity index (χ0v) is 73.3. The van der Waals surface area contributed by atoms with Gasteiger partial charge in [0.2, 0.25) is 0 Å². The Balaban J connectivity index is 0.000000117. The van der Waals surface area contributed by atoms with Crippen LogP contribution < -0.4 is 20.4 Å². The van der Waals surface area contributed by atoms with Crippen molar-refractivity contribution in [3.63, 3.8) is 0 Å². The molecule has 15 aliphatic carbocycles. The highest BCUT2D eigenvalue weighted by Gasteiger charge is 2.47. The summed E-state index contributed by atoms with van der Waals surface area (Å²) in [5.41, 5.74) is 17.5. The van der Waals surface area contributed by atoms with E-state index in [9.17, 15) is 39.6 Å². The standard InChI is InChI=1S/C28H36O2.2C28H42O2.C25H36O2/c29-28(30)27-25(23-11-16-2-5-19(23)8-16)13-21(22-10-15-1-4-18(22)7-15)14-26(27)24-12-17-3-6-20(24)9-17;1-18-4-10-21(11-5-18)24-16-25(22-12-6-19(2)7-13-22)27(28(29)30)26(17-24)23-14-8-20(3)9-15-23;29-28(30)27-25(22-15-9-3-4-10-16-22)19-24(21-13-7-1-2-8-14-21)20-26(27)23-17-11-5-6-12-18-23;26-25(27)24-22(19-12-6-2-7-13-19)16-21(18-10-4-1-5-11-18)17-23(24)20-14-8-3-9-15-20/h13-20,22-24H,1-12H2,(H,29,30);16-23H,4-15H2,1-3H3,(H,29,30);19-23H,1-18H2,(H,29,30);16-20H,1-15H2,(H,26,27)/p-4. The highest BCUT2D eigenvalue weighted by atomic mass is 16.4. The highest BCUT2D eigenvalue weighted by molar-refractivity contribution is 5.92. The van der Waals surface area contributed by atoms with Gasteiger partial charge in [-0.25, -0.2) is 0 Å². The van der Waals surface area contributed by atoms with E-state index in [1.807, 2.05) is 0 Å². The summed E-state index contributed by atoms with van der Waals surface area (Å²) in [5, 5.41) is 49.9. The molecule has 15 fully saturated rings. The van der Waals surface area contributed by atoms with Gasteiger partial charge in [0.15, 0.2) is 0 Å². The average molecular weight is 1590 g/mol. The summed E-state index contributed by atoms with van der Waals surface area (Å²) in [6, 6.07) is 18.8. The van der Waals surface area contributed by atoms with Crippen LogP contribution >= 0.6 is 0 Å². The summed E-state index contributed by atoms with van der Waals surface area (Å²) in [4.78, 5) is 49.9. The van der Waals surface area contributed by atoms with Crippen LogP contribution in [0.25, 0.3) is 0 Å². The van der Waals surface area contributed by atoms with Crippen molar-refractivity contribution < 1.29 is 39.6 Å². The van der Waals surface area contributed by atoms with E-state index < -0.39 is 23.9 Å². The lowest BCUT2D eigenvalue weighted by Gasteiger charge is -2.35. The van der Waals surface area contributed by atoms with Crippen LogP contribution in [0, 0.1) is 53.3 Å². The van der Waals surface area contributed by atoms with Crippen molar-refractivity contribution in [3.05, 3.63) is 138 Å². The second kappa shape index (κ2) is 39.9. The van der Waals surface area contributed by atoms with Crippen molar-refractivity contribution in [3.8, 4) is 0 Å². The summed E-state index contributed by atoms with van der Waals surface area (Å²) in [6.07, 6.45) is 72.0. The summed E-state index contributed by atoms with van der Waals surface area (Å²) in [6.45, 7) is 7.05. The van der Waals surface area contributed by atoms with E-state index in [0.717, 1.165) is 164 Å². The fourth-order valence-electron chi connectivity index (χ4n) is 28.9. The summed E-state index contributed by atoms with van der Waals surface area (Å²) in [7, 11) is 0. The lowest BCUT2D eigenvalue weighted by Crippen LogP contribution is -2.29. The van der Waals surface area contributed by atoms with Gasteiger partial charge in [-0.2, -0.15) is 0 Å². The molecule has 19 rings (SSSR count). The van der Waals surface area contributed by atoms with Crippen LogP contribution in [-0.2, 0) is 0 Å².